The molecule has 0 heterocycles. The molecular formula is C12H16N4O4S. The van der Waals surface area contributed by atoms with Crippen molar-refractivity contribution < 1.29 is 19.8 Å². The van der Waals surface area contributed by atoms with Gasteiger partial charge in [-0.05, 0) is 42.9 Å². The van der Waals surface area contributed by atoms with Gasteiger partial charge in [-0.1, -0.05) is 0 Å². The van der Waals surface area contributed by atoms with Crippen LogP contribution in [-0.4, -0.2) is 39.0 Å². The molecule has 1 rings (SSSR count). The van der Waals surface area contributed by atoms with Crippen molar-refractivity contribution >= 4 is 40.9 Å². The molecular weight excluding hydrogens is 296 g/mol. The Morgan fingerprint density at radius 1 is 1.33 bits per heavy atom. The molecule has 1 aromatic carbocycles. The van der Waals surface area contributed by atoms with Gasteiger partial charge in [-0.15, -0.1) is 0 Å². The summed E-state index contributed by atoms with van der Waals surface area (Å²) in [5, 5.41) is 23.6. The number of imide groups is 1. The van der Waals surface area contributed by atoms with E-state index in [4.69, 9.17) is 28.2 Å². The van der Waals surface area contributed by atoms with E-state index < -0.39 is 12.2 Å². The van der Waals surface area contributed by atoms with E-state index in [0.29, 0.717) is 28.4 Å². The van der Waals surface area contributed by atoms with Gasteiger partial charge in [0, 0.05) is 17.9 Å². The Bertz CT molecular complexity index is 550. The standard InChI is InChI=1S/C12H16N4O4S/c1-2-14-9-4-3-8(15-10(13)21)5-7(9)6-16(11(17)18)12(19)20/h3-5,14H,2,6H2,1H3,(H,17,18)(H,19,20)(H3,13,15,21). The third kappa shape index (κ3) is 4.80. The van der Waals surface area contributed by atoms with Crippen molar-refractivity contribution in [2.75, 3.05) is 17.2 Å². The van der Waals surface area contributed by atoms with Crippen molar-refractivity contribution in [3.63, 3.8) is 0 Å². The molecule has 9 heteroatoms. The molecule has 0 saturated heterocycles. The topological polar surface area (TPSA) is 128 Å². The fourth-order valence-corrected chi connectivity index (χ4v) is 1.81. The van der Waals surface area contributed by atoms with Gasteiger partial charge in [0.05, 0.1) is 6.54 Å². The second-order valence-corrected chi connectivity index (χ2v) is 4.48. The van der Waals surface area contributed by atoms with Crippen molar-refractivity contribution in [1.29, 1.82) is 0 Å². The van der Waals surface area contributed by atoms with E-state index in [-0.39, 0.29) is 11.7 Å². The summed E-state index contributed by atoms with van der Waals surface area (Å²) < 4.78 is 0. The zero-order chi connectivity index (χ0) is 16.0. The van der Waals surface area contributed by atoms with Crippen molar-refractivity contribution in [2.45, 2.75) is 13.5 Å². The van der Waals surface area contributed by atoms with Crippen LogP contribution in [0.5, 0.6) is 0 Å². The molecule has 0 atom stereocenters. The van der Waals surface area contributed by atoms with Crippen LogP contribution < -0.4 is 16.4 Å². The number of hydrogen-bond acceptors (Lipinski definition) is 4. The number of nitrogens with zero attached hydrogens (tertiary/aromatic N) is 1. The van der Waals surface area contributed by atoms with Gasteiger partial charge >= 0.3 is 12.2 Å². The molecule has 0 aliphatic carbocycles. The Hall–Kier alpha value is -2.55. The zero-order valence-corrected chi connectivity index (χ0v) is 12.1. The van der Waals surface area contributed by atoms with Gasteiger partial charge in [0.1, 0.15) is 0 Å². The van der Waals surface area contributed by atoms with Gasteiger partial charge in [-0.25, -0.2) is 14.5 Å². The van der Waals surface area contributed by atoms with E-state index in [1.807, 2.05) is 6.92 Å². The highest BCUT2D eigenvalue weighted by Crippen LogP contribution is 2.22. The summed E-state index contributed by atoms with van der Waals surface area (Å²) in [6, 6.07) is 4.99. The molecule has 21 heavy (non-hydrogen) atoms. The van der Waals surface area contributed by atoms with Crippen LogP contribution in [0.25, 0.3) is 0 Å². The lowest BCUT2D eigenvalue weighted by atomic mass is 10.1. The van der Waals surface area contributed by atoms with Crippen LogP contribution in [0.4, 0.5) is 21.0 Å². The van der Waals surface area contributed by atoms with E-state index in [2.05, 4.69) is 10.6 Å². The van der Waals surface area contributed by atoms with Gasteiger partial charge in [-0.2, -0.15) is 0 Å². The molecule has 8 nitrogen and oxygen atoms in total. The molecule has 6 N–H and O–H groups in total. The second kappa shape index (κ2) is 7.29. The maximum absolute atomic E-state index is 10.9. The minimum atomic E-state index is -1.54. The maximum atomic E-state index is 10.9. The van der Waals surface area contributed by atoms with Gasteiger partial charge < -0.3 is 26.6 Å². The number of carboxylic acid groups (broad SMARTS) is 2. The molecule has 0 aromatic heterocycles. The first-order valence-corrected chi connectivity index (χ1v) is 6.42. The molecule has 0 bridgehead atoms. The van der Waals surface area contributed by atoms with E-state index in [1.54, 1.807) is 18.2 Å². The number of thiocarbonyl (C=S) groups is 1. The first-order chi connectivity index (χ1) is 9.85. The SMILES string of the molecule is CCNc1ccc(NC(N)=S)cc1CN(C(=O)O)C(=O)O. The molecule has 2 amide bonds. The highest BCUT2D eigenvalue weighted by atomic mass is 32.1. The van der Waals surface area contributed by atoms with Crippen LogP contribution in [0.15, 0.2) is 18.2 Å². The summed E-state index contributed by atoms with van der Waals surface area (Å²) in [5.74, 6) is 0. The number of hydrogen-bond donors (Lipinski definition) is 5. The second-order valence-electron chi connectivity index (χ2n) is 4.04. The molecule has 0 aliphatic rings. The summed E-state index contributed by atoms with van der Waals surface area (Å²) in [7, 11) is 0. The summed E-state index contributed by atoms with van der Waals surface area (Å²) in [4.78, 5) is 22.2. The Morgan fingerprint density at radius 2 is 1.95 bits per heavy atom. The average Bonchev–Trinajstić information content (AvgIpc) is 2.37. The molecule has 0 unspecified atom stereocenters. The van der Waals surface area contributed by atoms with Gasteiger partial charge in [0.2, 0.25) is 0 Å². The monoisotopic (exact) mass is 312 g/mol. The molecule has 114 valence electrons. The molecule has 0 fully saturated rings. The van der Waals surface area contributed by atoms with Crippen molar-refractivity contribution in [2.24, 2.45) is 5.73 Å². The lowest BCUT2D eigenvalue weighted by Crippen LogP contribution is -2.34. The number of anilines is 2. The molecule has 1 aromatic rings. The fraction of sp³-hybridized carbons (Fsp3) is 0.250. The van der Waals surface area contributed by atoms with E-state index in [0.717, 1.165) is 0 Å². The lowest BCUT2D eigenvalue weighted by molar-refractivity contribution is 0.120. The fourth-order valence-electron chi connectivity index (χ4n) is 1.69. The molecule has 0 aliphatic heterocycles. The van der Waals surface area contributed by atoms with Crippen LogP contribution in [-0.2, 0) is 6.54 Å². The Balaban J connectivity index is 3.12. The molecule has 0 radical (unpaired) electrons. The summed E-state index contributed by atoms with van der Waals surface area (Å²) in [5.41, 5.74) is 7.05. The Kier molecular flexibility index (Phi) is 5.73. The normalized spacial score (nSPS) is 9.76. The number of amides is 2. The van der Waals surface area contributed by atoms with Crippen molar-refractivity contribution in [1.82, 2.24) is 4.90 Å². The minimum absolute atomic E-state index is 0.0606. The predicted octanol–water partition coefficient (Wildman–Crippen LogP) is 1.93. The predicted molar refractivity (Wildman–Crippen MR) is 82.6 cm³/mol. The van der Waals surface area contributed by atoms with Crippen LogP contribution in [0.2, 0.25) is 0 Å². The number of rotatable bonds is 5. The first-order valence-electron chi connectivity index (χ1n) is 6.01. The molecule has 0 spiro atoms. The third-order valence-corrected chi connectivity index (χ3v) is 2.63. The van der Waals surface area contributed by atoms with E-state index in [1.165, 1.54) is 0 Å². The Labute approximate surface area is 126 Å². The van der Waals surface area contributed by atoms with Crippen LogP contribution in [0, 0.1) is 0 Å². The van der Waals surface area contributed by atoms with Crippen molar-refractivity contribution in [3.8, 4) is 0 Å². The highest BCUT2D eigenvalue weighted by Gasteiger charge is 2.21. The zero-order valence-electron chi connectivity index (χ0n) is 11.3. The quantitative estimate of drug-likeness (QED) is 0.522. The first kappa shape index (κ1) is 16.5. The Morgan fingerprint density at radius 3 is 2.43 bits per heavy atom. The van der Waals surface area contributed by atoms with E-state index in [9.17, 15) is 9.59 Å². The number of carbonyl (C=O) groups is 2. The summed E-state index contributed by atoms with van der Waals surface area (Å²) >= 11 is 4.73. The van der Waals surface area contributed by atoms with Gasteiger partial charge in [0.15, 0.2) is 5.11 Å². The number of nitrogens with one attached hydrogen (secondary N) is 2. The number of benzene rings is 1. The highest BCUT2D eigenvalue weighted by molar-refractivity contribution is 7.80. The lowest BCUT2D eigenvalue weighted by Gasteiger charge is -2.18. The van der Waals surface area contributed by atoms with Crippen LogP contribution in [0.3, 0.4) is 0 Å². The number of nitrogens with two attached hydrogens (primary N) is 1. The van der Waals surface area contributed by atoms with Crippen LogP contribution in [0.1, 0.15) is 12.5 Å². The summed E-state index contributed by atoms with van der Waals surface area (Å²) in [6.45, 7) is 2.17. The third-order valence-electron chi connectivity index (χ3n) is 2.53. The smallest absolute Gasteiger partial charge is 0.417 e. The molecule has 0 saturated carbocycles. The van der Waals surface area contributed by atoms with E-state index >= 15 is 0 Å². The van der Waals surface area contributed by atoms with Gasteiger partial charge in [-0.3, -0.25) is 0 Å². The average molecular weight is 312 g/mol. The summed E-state index contributed by atoms with van der Waals surface area (Å²) in [6.07, 6.45) is -3.09. The minimum Gasteiger partial charge on any atom is -0.465 e. The van der Waals surface area contributed by atoms with Crippen LogP contribution >= 0.6 is 12.2 Å². The largest absolute Gasteiger partial charge is 0.465 e. The van der Waals surface area contributed by atoms with Gasteiger partial charge in [0.25, 0.3) is 0 Å². The van der Waals surface area contributed by atoms with Crippen molar-refractivity contribution in [3.05, 3.63) is 23.8 Å². The maximum Gasteiger partial charge on any atom is 0.417 e.